The molecule has 2 heterocycles. The molecule has 0 bridgehead atoms. The van der Waals surface area contributed by atoms with E-state index in [0.29, 0.717) is 0 Å². The molecule has 1 N–H and O–H groups in total. The molecular formula is C14H18ClN3S. The van der Waals surface area contributed by atoms with Crippen LogP contribution in [0, 0.1) is 5.92 Å². The number of nitrogens with zero attached hydrogens (tertiary/aromatic N) is 2. The van der Waals surface area contributed by atoms with Gasteiger partial charge in [0.15, 0.2) is 0 Å². The van der Waals surface area contributed by atoms with Gasteiger partial charge in [0, 0.05) is 5.75 Å². The van der Waals surface area contributed by atoms with E-state index in [4.69, 9.17) is 0 Å². The number of benzene rings is 1. The number of hydrogen-bond donors (Lipinski definition) is 1. The minimum absolute atomic E-state index is 0. The largest absolute Gasteiger partial charge is 0.317 e. The van der Waals surface area contributed by atoms with Crippen molar-refractivity contribution in [3.8, 4) is 0 Å². The van der Waals surface area contributed by atoms with Gasteiger partial charge in [0.05, 0.1) is 17.2 Å². The van der Waals surface area contributed by atoms with Crippen molar-refractivity contribution in [3.63, 3.8) is 0 Å². The van der Waals surface area contributed by atoms with Crippen LogP contribution in [0.2, 0.25) is 0 Å². The summed E-state index contributed by atoms with van der Waals surface area (Å²) in [5.74, 6) is 1.99. The van der Waals surface area contributed by atoms with Crippen LogP contribution in [-0.2, 0) is 0 Å². The Bertz CT molecular complexity index is 529. The summed E-state index contributed by atoms with van der Waals surface area (Å²) in [5.41, 5.74) is 1.97. The maximum atomic E-state index is 4.64. The summed E-state index contributed by atoms with van der Waals surface area (Å²) < 4.78 is 0. The Hall–Kier alpha value is -0.840. The third kappa shape index (κ3) is 3.81. The fourth-order valence-electron chi connectivity index (χ4n) is 2.26. The Labute approximate surface area is 124 Å². The number of para-hydroxylation sites is 2. The van der Waals surface area contributed by atoms with E-state index in [1.807, 2.05) is 42.2 Å². The third-order valence-corrected chi connectivity index (χ3v) is 4.48. The molecule has 1 aromatic heterocycles. The topological polar surface area (TPSA) is 37.8 Å². The molecule has 0 amide bonds. The zero-order valence-corrected chi connectivity index (χ0v) is 12.3. The number of halogens is 1. The number of thioether (sulfide) groups is 1. The van der Waals surface area contributed by atoms with E-state index < -0.39 is 0 Å². The lowest BCUT2D eigenvalue weighted by Gasteiger charge is -2.21. The van der Waals surface area contributed by atoms with Crippen LogP contribution in [0.25, 0.3) is 11.0 Å². The first-order valence-corrected chi connectivity index (χ1v) is 7.46. The van der Waals surface area contributed by atoms with Crippen molar-refractivity contribution in [2.24, 2.45) is 5.92 Å². The summed E-state index contributed by atoms with van der Waals surface area (Å²) in [7, 11) is 0. The molecule has 5 heteroatoms. The van der Waals surface area contributed by atoms with Gasteiger partial charge in [0.25, 0.3) is 0 Å². The van der Waals surface area contributed by atoms with Crippen molar-refractivity contribution in [2.45, 2.75) is 17.9 Å². The molecule has 3 rings (SSSR count). The molecule has 19 heavy (non-hydrogen) atoms. The smallest absolute Gasteiger partial charge is 0.115 e. The summed E-state index contributed by atoms with van der Waals surface area (Å²) in [6, 6.07) is 8.04. The average Bonchev–Trinajstić information content (AvgIpc) is 2.46. The maximum Gasteiger partial charge on any atom is 0.115 e. The summed E-state index contributed by atoms with van der Waals surface area (Å²) >= 11 is 1.84. The minimum Gasteiger partial charge on any atom is -0.317 e. The van der Waals surface area contributed by atoms with Crippen LogP contribution in [0.15, 0.2) is 35.5 Å². The highest BCUT2D eigenvalue weighted by atomic mass is 35.5. The predicted octanol–water partition coefficient (Wildman–Crippen LogP) is 3.14. The summed E-state index contributed by atoms with van der Waals surface area (Å²) in [6.45, 7) is 2.32. The zero-order chi connectivity index (χ0) is 12.2. The molecule has 1 fully saturated rings. The van der Waals surface area contributed by atoms with Gasteiger partial charge >= 0.3 is 0 Å². The van der Waals surface area contributed by atoms with Crippen molar-refractivity contribution in [1.29, 1.82) is 0 Å². The van der Waals surface area contributed by atoms with Crippen LogP contribution in [0.3, 0.4) is 0 Å². The van der Waals surface area contributed by atoms with E-state index in [9.17, 15) is 0 Å². The highest BCUT2D eigenvalue weighted by Gasteiger charge is 2.13. The van der Waals surface area contributed by atoms with Gasteiger partial charge in [-0.1, -0.05) is 12.1 Å². The molecule has 0 spiro atoms. The first kappa shape index (κ1) is 14.6. The number of fused-ring (bicyclic) bond motifs is 1. The zero-order valence-electron chi connectivity index (χ0n) is 10.7. The maximum absolute atomic E-state index is 4.64. The Morgan fingerprint density at radius 1 is 1.16 bits per heavy atom. The van der Waals surface area contributed by atoms with Gasteiger partial charge in [0.1, 0.15) is 5.03 Å². The molecule has 1 aromatic carbocycles. The van der Waals surface area contributed by atoms with E-state index >= 15 is 0 Å². The molecule has 1 saturated heterocycles. The monoisotopic (exact) mass is 295 g/mol. The number of hydrogen-bond acceptors (Lipinski definition) is 4. The number of nitrogens with one attached hydrogen (secondary N) is 1. The van der Waals surface area contributed by atoms with Gasteiger partial charge in [-0.05, 0) is 44.0 Å². The minimum atomic E-state index is 0. The summed E-state index contributed by atoms with van der Waals surface area (Å²) in [6.07, 6.45) is 4.47. The van der Waals surface area contributed by atoms with Crippen LogP contribution in [-0.4, -0.2) is 28.8 Å². The highest BCUT2D eigenvalue weighted by molar-refractivity contribution is 7.99. The van der Waals surface area contributed by atoms with Crippen LogP contribution < -0.4 is 5.32 Å². The Kier molecular flexibility index (Phi) is 5.43. The molecule has 3 nitrogen and oxygen atoms in total. The number of piperidine rings is 1. The molecule has 1 aliphatic heterocycles. The third-order valence-electron chi connectivity index (χ3n) is 3.35. The van der Waals surface area contributed by atoms with Gasteiger partial charge in [-0.3, -0.25) is 4.98 Å². The number of aromatic nitrogens is 2. The highest BCUT2D eigenvalue weighted by Crippen LogP contribution is 2.24. The first-order chi connectivity index (χ1) is 8.92. The molecule has 1 aliphatic rings. The van der Waals surface area contributed by atoms with Crippen molar-refractivity contribution in [3.05, 3.63) is 30.5 Å². The SMILES string of the molecule is Cl.c1ccc2nc(SCC3CCNCC3)cnc2c1. The van der Waals surface area contributed by atoms with Crippen LogP contribution in [0.1, 0.15) is 12.8 Å². The quantitative estimate of drug-likeness (QED) is 0.883. The van der Waals surface area contributed by atoms with Crippen LogP contribution >= 0.6 is 24.2 Å². The second kappa shape index (κ2) is 7.08. The second-order valence-corrected chi connectivity index (χ2v) is 5.74. The van der Waals surface area contributed by atoms with Crippen molar-refractivity contribution in [2.75, 3.05) is 18.8 Å². The standard InChI is InChI=1S/C14H17N3S.ClH/c1-2-4-13-12(3-1)16-9-14(17-13)18-10-11-5-7-15-8-6-11;/h1-4,9,11,15H,5-8,10H2;1H. The van der Waals surface area contributed by atoms with Gasteiger partial charge in [-0.2, -0.15) is 0 Å². The van der Waals surface area contributed by atoms with E-state index in [0.717, 1.165) is 40.8 Å². The Morgan fingerprint density at radius 2 is 1.89 bits per heavy atom. The fourth-order valence-corrected chi connectivity index (χ4v) is 3.29. The normalized spacial score (nSPS) is 16.2. The van der Waals surface area contributed by atoms with Gasteiger partial charge < -0.3 is 5.32 Å². The van der Waals surface area contributed by atoms with E-state index in [-0.39, 0.29) is 12.4 Å². The van der Waals surface area contributed by atoms with Gasteiger partial charge in [0.2, 0.25) is 0 Å². The van der Waals surface area contributed by atoms with Gasteiger partial charge in [-0.25, -0.2) is 4.98 Å². The molecule has 0 aliphatic carbocycles. The van der Waals surface area contributed by atoms with Crippen molar-refractivity contribution < 1.29 is 0 Å². The Balaban J connectivity index is 0.00000133. The van der Waals surface area contributed by atoms with Crippen molar-refractivity contribution >= 4 is 35.2 Å². The predicted molar refractivity (Wildman–Crippen MR) is 83.1 cm³/mol. The molecule has 0 radical (unpaired) electrons. The van der Waals surface area contributed by atoms with Crippen LogP contribution in [0.5, 0.6) is 0 Å². The van der Waals surface area contributed by atoms with Gasteiger partial charge in [-0.15, -0.1) is 24.2 Å². The molecule has 0 unspecified atom stereocenters. The van der Waals surface area contributed by atoms with E-state index in [2.05, 4.69) is 15.3 Å². The molecule has 0 atom stereocenters. The lowest BCUT2D eigenvalue weighted by atomic mass is 10.0. The number of rotatable bonds is 3. The molecule has 102 valence electrons. The Morgan fingerprint density at radius 3 is 2.68 bits per heavy atom. The first-order valence-electron chi connectivity index (χ1n) is 6.47. The molecule has 0 saturated carbocycles. The fraction of sp³-hybridized carbons (Fsp3) is 0.429. The lowest BCUT2D eigenvalue weighted by Crippen LogP contribution is -2.28. The molecular weight excluding hydrogens is 278 g/mol. The summed E-state index contributed by atoms with van der Waals surface area (Å²) in [5, 5.41) is 4.45. The average molecular weight is 296 g/mol. The molecule has 2 aromatic rings. The second-order valence-electron chi connectivity index (χ2n) is 4.70. The lowest BCUT2D eigenvalue weighted by molar-refractivity contribution is 0.408. The van der Waals surface area contributed by atoms with Crippen molar-refractivity contribution in [1.82, 2.24) is 15.3 Å². The van der Waals surface area contributed by atoms with E-state index in [1.54, 1.807) is 0 Å². The van der Waals surface area contributed by atoms with Crippen LogP contribution in [0.4, 0.5) is 0 Å². The van der Waals surface area contributed by atoms with E-state index in [1.165, 1.54) is 12.8 Å². The summed E-state index contributed by atoms with van der Waals surface area (Å²) in [4.78, 5) is 9.09.